The van der Waals surface area contributed by atoms with Crippen molar-refractivity contribution < 1.29 is 9.32 Å². The minimum absolute atomic E-state index is 0.0799. The molecular formula is C24H28N8O2S. The van der Waals surface area contributed by atoms with Gasteiger partial charge in [-0.3, -0.25) is 0 Å². The summed E-state index contributed by atoms with van der Waals surface area (Å²) in [6.45, 7) is 1.90. The maximum absolute atomic E-state index is 12.0. The second-order valence-electron chi connectivity index (χ2n) is 8.71. The summed E-state index contributed by atoms with van der Waals surface area (Å²) in [5, 5.41) is 25.4. The van der Waals surface area contributed by atoms with Crippen molar-refractivity contribution in [3.63, 3.8) is 0 Å². The van der Waals surface area contributed by atoms with Crippen molar-refractivity contribution in [3.8, 4) is 6.07 Å². The summed E-state index contributed by atoms with van der Waals surface area (Å²) in [6, 6.07) is 11.3. The smallest absolute Gasteiger partial charge is 0.229 e. The summed E-state index contributed by atoms with van der Waals surface area (Å²) in [5.41, 5.74) is 4.69. The highest BCUT2D eigenvalue weighted by atomic mass is 32.2. The first-order chi connectivity index (χ1) is 16.7. The van der Waals surface area contributed by atoms with Crippen molar-refractivity contribution in [2.45, 2.75) is 19.4 Å². The molecule has 0 fully saturated rings. The summed E-state index contributed by atoms with van der Waals surface area (Å²) in [7, 11) is -0.271. The Morgan fingerprint density at radius 2 is 2.09 bits per heavy atom. The first kappa shape index (κ1) is 24.5. The Balaban J connectivity index is 1.63. The average Bonchev–Trinajstić information content (AvgIpc) is 2.78. The molecule has 3 aromatic rings. The van der Waals surface area contributed by atoms with Crippen LogP contribution in [0.15, 0.2) is 40.9 Å². The van der Waals surface area contributed by atoms with Gasteiger partial charge in [-0.1, -0.05) is 6.07 Å². The van der Waals surface area contributed by atoms with Gasteiger partial charge in [0.05, 0.1) is 6.20 Å². The number of hydrogen-bond acceptors (Lipinski definition) is 10. The number of pyridine rings is 1. The van der Waals surface area contributed by atoms with Crippen LogP contribution in [0.5, 0.6) is 0 Å². The van der Waals surface area contributed by atoms with Crippen LogP contribution in [0.2, 0.25) is 0 Å². The number of benzene rings is 1. The number of hydrogen-bond donors (Lipinski definition) is 3. The molecule has 0 saturated heterocycles. The van der Waals surface area contributed by atoms with Crippen LogP contribution in [0.4, 0.5) is 29.1 Å². The van der Waals surface area contributed by atoms with E-state index in [2.05, 4.69) is 54.0 Å². The van der Waals surface area contributed by atoms with Gasteiger partial charge < -0.3 is 20.6 Å². The van der Waals surface area contributed by atoms with Gasteiger partial charge in [0.25, 0.3) is 0 Å². The maximum atomic E-state index is 12.0. The van der Waals surface area contributed by atoms with Gasteiger partial charge in [0.2, 0.25) is 5.95 Å². The third kappa shape index (κ3) is 6.30. The lowest BCUT2D eigenvalue weighted by molar-refractivity contribution is 0.295. The van der Waals surface area contributed by atoms with Crippen molar-refractivity contribution >= 4 is 38.8 Å². The minimum atomic E-state index is -2.36. The quantitative estimate of drug-likeness (QED) is 0.454. The number of aliphatic hydroxyl groups is 1. The van der Waals surface area contributed by atoms with Gasteiger partial charge in [-0.25, -0.2) is 14.2 Å². The monoisotopic (exact) mass is 492 g/mol. The molecule has 2 aromatic heterocycles. The molecule has 3 N–H and O–H groups in total. The topological polar surface area (TPSA) is 139 Å². The van der Waals surface area contributed by atoms with Gasteiger partial charge in [-0.15, -0.1) is 0 Å². The molecule has 0 radical (unpaired) electrons. The normalized spacial score (nSPS) is 13.6. The SMILES string of the molecule is CN1CCc2c(CCO)cc(Nc3ncc(C#N)c(Nc4cccc(N=S(C)(C)=O)n4)n3)cc2C1. The van der Waals surface area contributed by atoms with Crippen LogP contribution in [0.3, 0.4) is 0 Å². The van der Waals surface area contributed by atoms with E-state index in [1.54, 1.807) is 18.2 Å². The van der Waals surface area contributed by atoms with Crippen LogP contribution >= 0.6 is 0 Å². The maximum Gasteiger partial charge on any atom is 0.229 e. The summed E-state index contributed by atoms with van der Waals surface area (Å²) in [5.74, 6) is 1.35. The number of fused-ring (bicyclic) bond motifs is 1. The molecule has 11 heteroatoms. The second-order valence-corrected chi connectivity index (χ2v) is 11.3. The highest BCUT2D eigenvalue weighted by Gasteiger charge is 2.18. The number of anilines is 4. The van der Waals surface area contributed by atoms with Crippen molar-refractivity contribution in [3.05, 3.63) is 58.8 Å². The lowest BCUT2D eigenvalue weighted by Crippen LogP contribution is -2.27. The Morgan fingerprint density at radius 1 is 1.26 bits per heavy atom. The molecule has 0 atom stereocenters. The Morgan fingerprint density at radius 3 is 2.83 bits per heavy atom. The molecule has 3 heterocycles. The van der Waals surface area contributed by atoms with Crippen LogP contribution in [-0.2, 0) is 29.1 Å². The second kappa shape index (κ2) is 10.4. The molecule has 10 nitrogen and oxygen atoms in total. The Bertz CT molecular complexity index is 1380. The van der Waals surface area contributed by atoms with Crippen LogP contribution in [0.1, 0.15) is 22.3 Å². The number of aromatic nitrogens is 3. The number of nitrogens with zero attached hydrogens (tertiary/aromatic N) is 6. The first-order valence-electron chi connectivity index (χ1n) is 11.1. The van der Waals surface area contributed by atoms with E-state index in [4.69, 9.17) is 0 Å². The van der Waals surface area contributed by atoms with E-state index in [-0.39, 0.29) is 18.0 Å². The van der Waals surface area contributed by atoms with Gasteiger partial charge in [-0.2, -0.15) is 14.6 Å². The third-order valence-corrected chi connectivity index (χ3v) is 6.09. The number of nitrogens with one attached hydrogen (secondary N) is 2. The lowest BCUT2D eigenvalue weighted by Gasteiger charge is -2.27. The number of likely N-dealkylation sites (N-methyl/N-ethyl adjacent to an activating group) is 1. The molecule has 35 heavy (non-hydrogen) atoms. The van der Waals surface area contributed by atoms with E-state index in [1.807, 2.05) is 6.07 Å². The Hall–Kier alpha value is -3.59. The molecule has 0 aliphatic carbocycles. The molecule has 0 saturated carbocycles. The molecule has 182 valence electrons. The van der Waals surface area contributed by atoms with Crippen LogP contribution < -0.4 is 10.6 Å². The highest BCUT2D eigenvalue weighted by molar-refractivity contribution is 7.92. The highest BCUT2D eigenvalue weighted by Crippen LogP contribution is 2.28. The largest absolute Gasteiger partial charge is 0.396 e. The molecular weight excluding hydrogens is 464 g/mol. The summed E-state index contributed by atoms with van der Waals surface area (Å²) in [4.78, 5) is 15.4. The fourth-order valence-corrected chi connectivity index (χ4v) is 4.54. The molecule has 0 amide bonds. The zero-order valence-electron chi connectivity index (χ0n) is 19.9. The van der Waals surface area contributed by atoms with E-state index in [0.29, 0.717) is 24.0 Å². The molecule has 1 aliphatic heterocycles. The number of aliphatic hydroxyl groups excluding tert-OH is 1. The Labute approximate surface area is 205 Å². The van der Waals surface area contributed by atoms with Crippen LogP contribution in [0.25, 0.3) is 0 Å². The molecule has 4 rings (SSSR count). The predicted octanol–water partition coefficient (Wildman–Crippen LogP) is 3.11. The van der Waals surface area contributed by atoms with Crippen molar-refractivity contribution in [2.24, 2.45) is 4.36 Å². The van der Waals surface area contributed by atoms with E-state index in [9.17, 15) is 14.6 Å². The Kier molecular flexibility index (Phi) is 7.25. The zero-order valence-corrected chi connectivity index (χ0v) is 20.8. The first-order valence-corrected chi connectivity index (χ1v) is 13.5. The summed E-state index contributed by atoms with van der Waals surface area (Å²) >= 11 is 0. The van der Waals surface area contributed by atoms with Gasteiger partial charge in [0.15, 0.2) is 11.6 Å². The number of rotatable bonds is 7. The van der Waals surface area contributed by atoms with E-state index in [0.717, 1.165) is 30.8 Å². The molecule has 1 aromatic carbocycles. The third-order valence-electron chi connectivity index (χ3n) is 5.46. The van der Waals surface area contributed by atoms with E-state index in [1.165, 1.54) is 29.8 Å². The van der Waals surface area contributed by atoms with Crippen LogP contribution in [-0.4, -0.2) is 61.9 Å². The summed E-state index contributed by atoms with van der Waals surface area (Å²) in [6.07, 6.45) is 6.05. The van der Waals surface area contributed by atoms with E-state index < -0.39 is 9.73 Å². The zero-order chi connectivity index (χ0) is 25.0. The van der Waals surface area contributed by atoms with Crippen molar-refractivity contribution in [2.75, 3.05) is 43.3 Å². The summed E-state index contributed by atoms with van der Waals surface area (Å²) < 4.78 is 16.1. The van der Waals surface area contributed by atoms with Crippen molar-refractivity contribution in [1.82, 2.24) is 19.9 Å². The fraction of sp³-hybridized carbons (Fsp3) is 0.333. The molecule has 0 bridgehead atoms. The molecule has 0 spiro atoms. The standard InChI is InChI=1S/C24H28N8O2S/c1-32-9-7-20-16(8-10-33)11-19(12-17(20)15-32)27-24-26-14-18(13-25)23(30-24)29-21-5-4-6-22(28-21)31-35(2,3)34/h4-6,11-12,14,33H,7-10,15H2,1-3H3,(H2,26,27,28,29,30). The van der Waals surface area contributed by atoms with Gasteiger partial charge in [0, 0.05) is 47.6 Å². The average molecular weight is 493 g/mol. The number of nitriles is 1. The van der Waals surface area contributed by atoms with Gasteiger partial charge in [-0.05, 0) is 60.8 Å². The molecule has 1 aliphatic rings. The lowest BCUT2D eigenvalue weighted by atomic mass is 9.92. The minimum Gasteiger partial charge on any atom is -0.396 e. The van der Waals surface area contributed by atoms with Gasteiger partial charge >= 0.3 is 0 Å². The predicted molar refractivity (Wildman–Crippen MR) is 137 cm³/mol. The van der Waals surface area contributed by atoms with Gasteiger partial charge in [0.1, 0.15) is 17.5 Å². The fourth-order valence-electron chi connectivity index (χ4n) is 3.99. The van der Waals surface area contributed by atoms with E-state index >= 15 is 0 Å². The molecule has 0 unspecified atom stereocenters. The van der Waals surface area contributed by atoms with Crippen LogP contribution in [0, 0.1) is 11.3 Å². The van der Waals surface area contributed by atoms with Crippen molar-refractivity contribution in [1.29, 1.82) is 5.26 Å².